The summed E-state index contributed by atoms with van der Waals surface area (Å²) in [6.07, 6.45) is 0. The van der Waals surface area contributed by atoms with E-state index in [9.17, 15) is 14.4 Å². The second-order valence-electron chi connectivity index (χ2n) is 6.20. The Kier molecular flexibility index (Phi) is 7.55. The van der Waals surface area contributed by atoms with E-state index in [1.165, 1.54) is 18.7 Å². The van der Waals surface area contributed by atoms with Gasteiger partial charge in [-0.05, 0) is 24.3 Å². The second-order valence-corrected chi connectivity index (χ2v) is 6.20. The van der Waals surface area contributed by atoms with Gasteiger partial charge in [0, 0.05) is 51.4 Å². The molecular formula is C18H26N4O4. The normalized spacial score (nSPS) is 14.5. The van der Waals surface area contributed by atoms with E-state index in [1.54, 1.807) is 24.3 Å². The molecular weight excluding hydrogens is 336 g/mol. The Morgan fingerprint density at radius 2 is 1.62 bits per heavy atom. The van der Waals surface area contributed by atoms with Crippen LogP contribution in [0.3, 0.4) is 0 Å². The predicted molar refractivity (Wildman–Crippen MR) is 98.9 cm³/mol. The molecule has 1 heterocycles. The molecule has 1 saturated heterocycles. The van der Waals surface area contributed by atoms with Gasteiger partial charge in [-0.15, -0.1) is 0 Å². The van der Waals surface area contributed by atoms with Crippen molar-refractivity contribution in [3.05, 3.63) is 24.3 Å². The van der Waals surface area contributed by atoms with E-state index in [2.05, 4.69) is 15.5 Å². The summed E-state index contributed by atoms with van der Waals surface area (Å²) >= 11 is 0. The van der Waals surface area contributed by atoms with Gasteiger partial charge in [0.25, 0.3) is 0 Å². The summed E-state index contributed by atoms with van der Waals surface area (Å²) in [6.45, 7) is 7.23. The van der Waals surface area contributed by atoms with Crippen molar-refractivity contribution in [1.82, 2.24) is 9.80 Å². The summed E-state index contributed by atoms with van der Waals surface area (Å²) in [4.78, 5) is 38.8. The van der Waals surface area contributed by atoms with Crippen molar-refractivity contribution in [1.29, 1.82) is 0 Å². The molecule has 0 radical (unpaired) electrons. The first-order valence-electron chi connectivity index (χ1n) is 8.67. The van der Waals surface area contributed by atoms with Crippen molar-refractivity contribution in [3.63, 3.8) is 0 Å². The summed E-state index contributed by atoms with van der Waals surface area (Å²) in [5, 5.41) is 5.43. The highest BCUT2D eigenvalue weighted by molar-refractivity contribution is 5.95. The third-order valence-corrected chi connectivity index (χ3v) is 4.06. The Bertz CT molecular complexity index is 627. The van der Waals surface area contributed by atoms with Gasteiger partial charge in [0.05, 0.1) is 19.8 Å². The highest BCUT2D eigenvalue weighted by atomic mass is 16.5. The lowest BCUT2D eigenvalue weighted by molar-refractivity contribution is -0.133. The maximum atomic E-state index is 12.2. The molecule has 26 heavy (non-hydrogen) atoms. The Morgan fingerprint density at radius 1 is 1.04 bits per heavy atom. The van der Waals surface area contributed by atoms with Crippen molar-refractivity contribution in [3.8, 4) is 0 Å². The van der Waals surface area contributed by atoms with Crippen LogP contribution in [0.4, 0.5) is 11.4 Å². The van der Waals surface area contributed by atoms with Gasteiger partial charge in [-0.25, -0.2) is 0 Å². The number of carbonyl (C=O) groups is 3. The average Bonchev–Trinajstić information content (AvgIpc) is 2.60. The first-order valence-corrected chi connectivity index (χ1v) is 8.67. The fourth-order valence-electron chi connectivity index (χ4n) is 2.65. The maximum absolute atomic E-state index is 12.2. The fourth-order valence-corrected chi connectivity index (χ4v) is 2.65. The summed E-state index contributed by atoms with van der Waals surface area (Å²) in [7, 11) is 0. The standard InChI is InChI=1S/C18H26N4O4/c1-14(23)19-16-3-5-17(6-4-16)20-18(25)13-22(15(2)24)8-7-21-9-11-26-12-10-21/h3-6H,7-13H2,1-2H3,(H,19,23)(H,20,25). The highest BCUT2D eigenvalue weighted by Crippen LogP contribution is 2.13. The number of anilines is 2. The summed E-state index contributed by atoms with van der Waals surface area (Å²) in [5.74, 6) is -0.539. The number of nitrogens with zero attached hydrogens (tertiary/aromatic N) is 2. The molecule has 8 nitrogen and oxygen atoms in total. The molecule has 0 saturated carbocycles. The lowest BCUT2D eigenvalue weighted by Crippen LogP contribution is -2.44. The molecule has 8 heteroatoms. The number of rotatable bonds is 7. The van der Waals surface area contributed by atoms with Gasteiger partial charge in [0.15, 0.2) is 0 Å². The lowest BCUT2D eigenvalue weighted by Gasteiger charge is -2.29. The summed E-state index contributed by atoms with van der Waals surface area (Å²) in [5.41, 5.74) is 1.27. The van der Waals surface area contributed by atoms with Crippen molar-refractivity contribution in [2.24, 2.45) is 0 Å². The fraction of sp³-hybridized carbons (Fsp3) is 0.500. The topological polar surface area (TPSA) is 91.0 Å². The second kappa shape index (κ2) is 9.88. The first-order chi connectivity index (χ1) is 12.4. The predicted octanol–water partition coefficient (Wildman–Crippen LogP) is 0.764. The van der Waals surface area contributed by atoms with Crippen molar-refractivity contribution < 1.29 is 19.1 Å². The molecule has 0 aromatic heterocycles. The number of nitrogens with one attached hydrogen (secondary N) is 2. The van der Waals surface area contributed by atoms with Crippen LogP contribution in [0.2, 0.25) is 0 Å². The van der Waals surface area contributed by atoms with E-state index in [1.807, 2.05) is 0 Å². The summed E-state index contributed by atoms with van der Waals surface area (Å²) in [6, 6.07) is 6.82. The van der Waals surface area contributed by atoms with E-state index in [4.69, 9.17) is 4.74 Å². The number of amides is 3. The molecule has 3 amide bonds. The number of benzene rings is 1. The monoisotopic (exact) mass is 362 g/mol. The molecule has 0 bridgehead atoms. The molecule has 1 aromatic rings. The third kappa shape index (κ3) is 6.81. The van der Waals surface area contributed by atoms with E-state index in [0.29, 0.717) is 31.1 Å². The minimum absolute atomic E-state index is 0.00706. The van der Waals surface area contributed by atoms with Gasteiger partial charge in [0.1, 0.15) is 0 Å². The van der Waals surface area contributed by atoms with Crippen LogP contribution in [-0.4, -0.2) is 73.5 Å². The SMILES string of the molecule is CC(=O)Nc1ccc(NC(=O)CN(CCN2CCOCC2)C(C)=O)cc1. The molecule has 1 aromatic carbocycles. The average molecular weight is 362 g/mol. The Balaban J connectivity index is 1.82. The van der Waals surface area contributed by atoms with Gasteiger partial charge < -0.3 is 20.3 Å². The number of morpholine rings is 1. The Hall–Kier alpha value is -2.45. The van der Waals surface area contributed by atoms with E-state index in [-0.39, 0.29) is 24.3 Å². The minimum atomic E-state index is -0.255. The first kappa shape index (κ1) is 19.9. The molecule has 2 N–H and O–H groups in total. The molecule has 0 atom stereocenters. The number of hydrogen-bond acceptors (Lipinski definition) is 5. The molecule has 1 fully saturated rings. The van der Waals surface area contributed by atoms with Gasteiger partial charge >= 0.3 is 0 Å². The van der Waals surface area contributed by atoms with Crippen LogP contribution in [0.15, 0.2) is 24.3 Å². The van der Waals surface area contributed by atoms with Crippen LogP contribution in [0.5, 0.6) is 0 Å². The molecule has 1 aliphatic heterocycles. The smallest absolute Gasteiger partial charge is 0.243 e. The Morgan fingerprint density at radius 3 is 2.15 bits per heavy atom. The van der Waals surface area contributed by atoms with Crippen LogP contribution in [0.25, 0.3) is 0 Å². The zero-order valence-corrected chi connectivity index (χ0v) is 15.3. The van der Waals surface area contributed by atoms with Crippen molar-refractivity contribution in [2.75, 3.05) is 56.6 Å². The largest absolute Gasteiger partial charge is 0.379 e. The maximum Gasteiger partial charge on any atom is 0.243 e. The van der Waals surface area contributed by atoms with E-state index >= 15 is 0 Å². The molecule has 142 valence electrons. The number of hydrogen-bond donors (Lipinski definition) is 2. The van der Waals surface area contributed by atoms with Crippen LogP contribution in [0.1, 0.15) is 13.8 Å². The highest BCUT2D eigenvalue weighted by Gasteiger charge is 2.16. The van der Waals surface area contributed by atoms with Crippen LogP contribution in [0, 0.1) is 0 Å². The van der Waals surface area contributed by atoms with Crippen molar-refractivity contribution in [2.45, 2.75) is 13.8 Å². The number of carbonyl (C=O) groups excluding carboxylic acids is 3. The molecule has 0 aliphatic carbocycles. The molecule has 0 spiro atoms. The van der Waals surface area contributed by atoms with Gasteiger partial charge in [0.2, 0.25) is 17.7 Å². The van der Waals surface area contributed by atoms with Crippen LogP contribution in [-0.2, 0) is 19.1 Å². The Labute approximate surface area is 153 Å². The van der Waals surface area contributed by atoms with E-state index < -0.39 is 0 Å². The summed E-state index contributed by atoms with van der Waals surface area (Å²) < 4.78 is 5.30. The van der Waals surface area contributed by atoms with Gasteiger partial charge in [-0.3, -0.25) is 19.3 Å². The third-order valence-electron chi connectivity index (χ3n) is 4.06. The lowest BCUT2D eigenvalue weighted by atomic mass is 10.2. The van der Waals surface area contributed by atoms with Crippen LogP contribution >= 0.6 is 0 Å². The number of ether oxygens (including phenoxy) is 1. The zero-order chi connectivity index (χ0) is 18.9. The van der Waals surface area contributed by atoms with E-state index in [0.717, 1.165) is 19.6 Å². The zero-order valence-electron chi connectivity index (χ0n) is 15.3. The molecule has 2 rings (SSSR count). The molecule has 0 unspecified atom stereocenters. The van der Waals surface area contributed by atoms with Gasteiger partial charge in [-0.2, -0.15) is 0 Å². The quantitative estimate of drug-likeness (QED) is 0.747. The van der Waals surface area contributed by atoms with Crippen LogP contribution < -0.4 is 10.6 Å². The van der Waals surface area contributed by atoms with Crippen molar-refractivity contribution >= 4 is 29.1 Å². The molecule has 1 aliphatic rings. The van der Waals surface area contributed by atoms with Gasteiger partial charge in [-0.1, -0.05) is 0 Å². The minimum Gasteiger partial charge on any atom is -0.379 e.